The zero-order valence-electron chi connectivity index (χ0n) is 14.1. The first-order chi connectivity index (χ1) is 10.1. The molecule has 1 aromatic rings. The lowest BCUT2D eigenvalue weighted by Gasteiger charge is -2.26. The van der Waals surface area contributed by atoms with Crippen LogP contribution in [0.25, 0.3) is 0 Å². The standard InChI is InChI=1S/C16H26N2O3S/c1-11(2)15(12(3)4)17-16(19)13-8-7-9-14(10-13)22(20,21)18(5)6/h7-12,15H,1-6H3,(H,17,19). The maximum absolute atomic E-state index is 12.4. The van der Waals surface area contributed by atoms with Crippen LogP contribution in [0, 0.1) is 11.8 Å². The molecule has 6 heteroatoms. The van der Waals surface area contributed by atoms with Gasteiger partial charge in [0.05, 0.1) is 4.90 Å². The van der Waals surface area contributed by atoms with Gasteiger partial charge in [-0.05, 0) is 30.0 Å². The van der Waals surface area contributed by atoms with E-state index < -0.39 is 10.0 Å². The van der Waals surface area contributed by atoms with E-state index in [9.17, 15) is 13.2 Å². The number of nitrogens with zero attached hydrogens (tertiary/aromatic N) is 1. The molecular weight excluding hydrogens is 300 g/mol. The van der Waals surface area contributed by atoms with E-state index in [1.807, 2.05) is 0 Å². The highest BCUT2D eigenvalue weighted by atomic mass is 32.2. The number of sulfonamides is 1. The number of amides is 1. The lowest BCUT2D eigenvalue weighted by Crippen LogP contribution is -2.42. The van der Waals surface area contributed by atoms with E-state index in [0.29, 0.717) is 17.4 Å². The molecule has 0 aromatic heterocycles. The Bertz CT molecular complexity index is 614. The maximum atomic E-state index is 12.4. The van der Waals surface area contributed by atoms with Crippen molar-refractivity contribution in [1.29, 1.82) is 0 Å². The predicted molar refractivity (Wildman–Crippen MR) is 88.2 cm³/mol. The highest BCUT2D eigenvalue weighted by molar-refractivity contribution is 7.89. The lowest BCUT2D eigenvalue weighted by atomic mass is 9.93. The van der Waals surface area contributed by atoms with Crippen molar-refractivity contribution in [3.63, 3.8) is 0 Å². The first-order valence-electron chi connectivity index (χ1n) is 7.40. The Balaban J connectivity index is 3.06. The zero-order chi connectivity index (χ0) is 17.1. The molecule has 0 aliphatic rings. The molecule has 0 aliphatic carbocycles. The molecule has 1 rings (SSSR count). The summed E-state index contributed by atoms with van der Waals surface area (Å²) in [4.78, 5) is 12.5. The molecule has 0 spiro atoms. The van der Waals surface area contributed by atoms with Crippen LogP contribution < -0.4 is 5.32 Å². The summed E-state index contributed by atoms with van der Waals surface area (Å²) in [5.41, 5.74) is 0.356. The van der Waals surface area contributed by atoms with Gasteiger partial charge in [-0.1, -0.05) is 33.8 Å². The topological polar surface area (TPSA) is 66.5 Å². The second kappa shape index (κ2) is 7.24. The highest BCUT2D eigenvalue weighted by Gasteiger charge is 2.22. The van der Waals surface area contributed by atoms with Gasteiger partial charge in [-0.15, -0.1) is 0 Å². The van der Waals surface area contributed by atoms with Crippen LogP contribution in [-0.4, -0.2) is 38.8 Å². The van der Waals surface area contributed by atoms with Crippen molar-refractivity contribution < 1.29 is 13.2 Å². The summed E-state index contributed by atoms with van der Waals surface area (Å²) in [6, 6.07) is 6.17. The number of benzene rings is 1. The molecule has 0 saturated carbocycles. The Labute approximate surface area is 133 Å². The number of rotatable bonds is 6. The summed E-state index contributed by atoms with van der Waals surface area (Å²) in [7, 11) is -0.605. The molecule has 0 saturated heterocycles. The van der Waals surface area contributed by atoms with E-state index in [0.717, 1.165) is 4.31 Å². The van der Waals surface area contributed by atoms with Crippen LogP contribution in [0.4, 0.5) is 0 Å². The van der Waals surface area contributed by atoms with Crippen molar-refractivity contribution in [1.82, 2.24) is 9.62 Å². The number of carbonyl (C=O) groups is 1. The number of nitrogens with one attached hydrogen (secondary N) is 1. The normalized spacial score (nSPS) is 12.5. The Morgan fingerprint density at radius 1 is 1.09 bits per heavy atom. The molecule has 0 aliphatic heterocycles. The molecule has 0 heterocycles. The molecule has 0 atom stereocenters. The summed E-state index contributed by atoms with van der Waals surface area (Å²) in [6.07, 6.45) is 0. The van der Waals surface area contributed by atoms with Crippen molar-refractivity contribution in [3.8, 4) is 0 Å². The van der Waals surface area contributed by atoms with Gasteiger partial charge in [0.2, 0.25) is 10.0 Å². The SMILES string of the molecule is CC(C)C(NC(=O)c1cccc(S(=O)(=O)N(C)C)c1)C(C)C. The first kappa shape index (κ1) is 18.6. The summed E-state index contributed by atoms with van der Waals surface area (Å²) in [5, 5.41) is 2.99. The van der Waals surface area contributed by atoms with Gasteiger partial charge in [0.1, 0.15) is 0 Å². The molecular formula is C16H26N2O3S. The fourth-order valence-electron chi connectivity index (χ4n) is 2.35. The minimum Gasteiger partial charge on any atom is -0.349 e. The van der Waals surface area contributed by atoms with Gasteiger partial charge < -0.3 is 5.32 Å². The van der Waals surface area contributed by atoms with Crippen LogP contribution in [0.5, 0.6) is 0 Å². The minimum absolute atomic E-state index is 0.0432. The van der Waals surface area contributed by atoms with E-state index in [1.54, 1.807) is 12.1 Å². The fourth-order valence-corrected chi connectivity index (χ4v) is 3.29. The minimum atomic E-state index is -3.54. The zero-order valence-corrected chi connectivity index (χ0v) is 14.9. The average Bonchev–Trinajstić information content (AvgIpc) is 2.43. The highest BCUT2D eigenvalue weighted by Crippen LogP contribution is 2.17. The van der Waals surface area contributed by atoms with Crippen molar-refractivity contribution in [2.75, 3.05) is 14.1 Å². The third kappa shape index (κ3) is 4.30. The summed E-state index contributed by atoms with van der Waals surface area (Å²) < 4.78 is 25.4. The van der Waals surface area contributed by atoms with E-state index in [-0.39, 0.29) is 16.8 Å². The van der Waals surface area contributed by atoms with Gasteiger partial charge in [0.15, 0.2) is 0 Å². The second-order valence-corrected chi connectivity index (χ2v) is 8.45. The molecule has 0 bridgehead atoms. The van der Waals surface area contributed by atoms with Crippen LogP contribution in [0.1, 0.15) is 38.1 Å². The van der Waals surface area contributed by atoms with E-state index in [4.69, 9.17) is 0 Å². The Kier molecular flexibility index (Phi) is 6.14. The predicted octanol–water partition coefficient (Wildman–Crippen LogP) is 2.35. The summed E-state index contributed by atoms with van der Waals surface area (Å²) >= 11 is 0. The van der Waals surface area contributed by atoms with Crippen LogP contribution in [0.2, 0.25) is 0 Å². The van der Waals surface area contributed by atoms with Crippen LogP contribution in [0.3, 0.4) is 0 Å². The third-order valence-corrected chi connectivity index (χ3v) is 5.42. The van der Waals surface area contributed by atoms with Gasteiger partial charge in [-0.3, -0.25) is 4.79 Å². The number of carbonyl (C=O) groups excluding carboxylic acids is 1. The maximum Gasteiger partial charge on any atom is 0.251 e. The quantitative estimate of drug-likeness (QED) is 0.872. The van der Waals surface area contributed by atoms with Gasteiger partial charge in [-0.2, -0.15) is 0 Å². The summed E-state index contributed by atoms with van der Waals surface area (Å²) in [6.45, 7) is 8.21. The van der Waals surface area contributed by atoms with Crippen molar-refractivity contribution >= 4 is 15.9 Å². The lowest BCUT2D eigenvalue weighted by molar-refractivity contribution is 0.0910. The van der Waals surface area contributed by atoms with Crippen LogP contribution in [-0.2, 0) is 10.0 Å². The largest absolute Gasteiger partial charge is 0.349 e. The molecule has 1 N–H and O–H groups in total. The van der Waals surface area contributed by atoms with Crippen molar-refractivity contribution in [3.05, 3.63) is 29.8 Å². The number of hydrogen-bond acceptors (Lipinski definition) is 3. The monoisotopic (exact) mass is 326 g/mol. The van der Waals surface area contributed by atoms with Gasteiger partial charge in [0, 0.05) is 25.7 Å². The van der Waals surface area contributed by atoms with Gasteiger partial charge in [0.25, 0.3) is 5.91 Å². The molecule has 0 fully saturated rings. The van der Waals surface area contributed by atoms with Crippen molar-refractivity contribution in [2.45, 2.75) is 38.6 Å². The van der Waals surface area contributed by atoms with Crippen molar-refractivity contribution in [2.24, 2.45) is 11.8 Å². The molecule has 1 aromatic carbocycles. The van der Waals surface area contributed by atoms with Crippen LogP contribution >= 0.6 is 0 Å². The summed E-state index contributed by atoms with van der Waals surface area (Å²) in [5.74, 6) is 0.360. The van der Waals surface area contributed by atoms with E-state index in [1.165, 1.54) is 26.2 Å². The Morgan fingerprint density at radius 3 is 2.09 bits per heavy atom. The molecule has 124 valence electrons. The van der Waals surface area contributed by atoms with E-state index in [2.05, 4.69) is 33.0 Å². The fraction of sp³-hybridized carbons (Fsp3) is 0.562. The molecule has 0 radical (unpaired) electrons. The molecule has 1 amide bonds. The third-order valence-electron chi connectivity index (χ3n) is 3.61. The second-order valence-electron chi connectivity index (χ2n) is 6.30. The van der Waals surface area contributed by atoms with Gasteiger partial charge >= 0.3 is 0 Å². The molecule has 5 nitrogen and oxygen atoms in total. The Hall–Kier alpha value is -1.40. The average molecular weight is 326 g/mol. The Morgan fingerprint density at radius 2 is 1.64 bits per heavy atom. The molecule has 22 heavy (non-hydrogen) atoms. The molecule has 0 unspecified atom stereocenters. The van der Waals surface area contributed by atoms with Gasteiger partial charge in [-0.25, -0.2) is 12.7 Å². The van der Waals surface area contributed by atoms with E-state index >= 15 is 0 Å². The van der Waals surface area contributed by atoms with Crippen LogP contribution in [0.15, 0.2) is 29.2 Å². The first-order valence-corrected chi connectivity index (χ1v) is 8.84. The number of hydrogen-bond donors (Lipinski definition) is 1. The smallest absolute Gasteiger partial charge is 0.251 e.